The van der Waals surface area contributed by atoms with Crippen LogP contribution < -0.4 is 0 Å². The monoisotopic (exact) mass is 249 g/mol. The van der Waals surface area contributed by atoms with E-state index in [4.69, 9.17) is 0 Å². The van der Waals surface area contributed by atoms with E-state index in [0.29, 0.717) is 24.9 Å². The van der Waals surface area contributed by atoms with Gasteiger partial charge in [-0.15, -0.1) is 0 Å². The average molecular weight is 249 g/mol. The number of Topliss-reactive ketones (excluding diaryl/α,β-unsaturated/α-hetero) is 1. The molecule has 1 heterocycles. The maximum atomic E-state index is 12.7. The number of hydrogen-bond acceptors (Lipinski definition) is 2. The largest absolute Gasteiger partial charge is 0.342 e. The van der Waals surface area contributed by atoms with E-state index in [1.165, 1.54) is 24.3 Å². The fraction of sp³-hybridized carbons (Fsp3) is 0.429. The number of benzene rings is 1. The molecule has 1 aromatic carbocycles. The van der Waals surface area contributed by atoms with Gasteiger partial charge in [-0.25, -0.2) is 4.39 Å². The minimum Gasteiger partial charge on any atom is -0.342 e. The number of rotatable bonds is 4. The van der Waals surface area contributed by atoms with Gasteiger partial charge in [-0.3, -0.25) is 9.59 Å². The zero-order valence-electron chi connectivity index (χ0n) is 10.2. The summed E-state index contributed by atoms with van der Waals surface area (Å²) in [5.41, 5.74) is 0.501. The highest BCUT2D eigenvalue weighted by atomic mass is 19.1. The van der Waals surface area contributed by atoms with E-state index in [1.54, 1.807) is 4.90 Å². The first-order valence-corrected chi connectivity index (χ1v) is 6.23. The Morgan fingerprint density at radius 2 is 1.94 bits per heavy atom. The van der Waals surface area contributed by atoms with Crippen LogP contribution in [0.5, 0.6) is 0 Å². The molecule has 1 aliphatic heterocycles. The molecule has 0 atom stereocenters. The van der Waals surface area contributed by atoms with Gasteiger partial charge in [-0.1, -0.05) is 0 Å². The second-order valence-electron chi connectivity index (χ2n) is 4.52. The Morgan fingerprint density at radius 3 is 2.61 bits per heavy atom. The molecule has 1 aromatic rings. The number of piperidine rings is 1. The Kier molecular flexibility index (Phi) is 4.07. The Balaban J connectivity index is 1.88. The molecule has 1 aliphatic rings. The van der Waals surface area contributed by atoms with Crippen LogP contribution in [0.1, 0.15) is 36.0 Å². The van der Waals surface area contributed by atoms with E-state index in [1.807, 2.05) is 0 Å². The van der Waals surface area contributed by atoms with Crippen LogP contribution in [0.2, 0.25) is 0 Å². The van der Waals surface area contributed by atoms with Gasteiger partial charge in [0, 0.05) is 31.5 Å². The first-order chi connectivity index (χ1) is 8.66. The summed E-state index contributed by atoms with van der Waals surface area (Å²) >= 11 is 0. The third kappa shape index (κ3) is 3.15. The van der Waals surface area contributed by atoms with Gasteiger partial charge in [0.2, 0.25) is 5.91 Å². The lowest BCUT2D eigenvalue weighted by molar-refractivity contribution is -0.133. The lowest BCUT2D eigenvalue weighted by atomic mass is 10.1. The zero-order valence-corrected chi connectivity index (χ0v) is 10.2. The van der Waals surface area contributed by atoms with Crippen molar-refractivity contribution in [3.05, 3.63) is 35.6 Å². The molecule has 0 radical (unpaired) electrons. The first kappa shape index (κ1) is 12.7. The van der Waals surface area contributed by atoms with Crippen LogP contribution >= 0.6 is 0 Å². The SMILES string of the molecule is O=C(CCN1CCCCC1=O)c1ccc(F)cc1. The van der Waals surface area contributed by atoms with Crippen molar-refractivity contribution in [1.29, 1.82) is 0 Å². The number of nitrogens with zero attached hydrogens (tertiary/aromatic N) is 1. The standard InChI is InChI=1S/C14H16FNO2/c15-12-6-4-11(5-7-12)13(17)8-10-16-9-2-1-3-14(16)18/h4-7H,1-3,8-10H2. The molecular formula is C14H16FNO2. The fourth-order valence-electron chi connectivity index (χ4n) is 2.11. The molecular weight excluding hydrogens is 233 g/mol. The van der Waals surface area contributed by atoms with Crippen LogP contribution in [-0.2, 0) is 4.79 Å². The van der Waals surface area contributed by atoms with Crippen molar-refractivity contribution in [1.82, 2.24) is 4.90 Å². The van der Waals surface area contributed by atoms with Gasteiger partial charge in [0.1, 0.15) is 5.82 Å². The normalized spacial score (nSPS) is 15.8. The van der Waals surface area contributed by atoms with Crippen molar-refractivity contribution < 1.29 is 14.0 Å². The summed E-state index contributed by atoms with van der Waals surface area (Å²) in [6.45, 7) is 1.21. The number of halogens is 1. The summed E-state index contributed by atoms with van der Waals surface area (Å²) in [5, 5.41) is 0. The predicted octanol–water partition coefficient (Wildman–Crippen LogP) is 2.41. The quantitative estimate of drug-likeness (QED) is 0.768. The predicted molar refractivity (Wildman–Crippen MR) is 65.8 cm³/mol. The Hall–Kier alpha value is -1.71. The zero-order chi connectivity index (χ0) is 13.0. The number of hydrogen-bond donors (Lipinski definition) is 0. The smallest absolute Gasteiger partial charge is 0.222 e. The van der Waals surface area contributed by atoms with Gasteiger partial charge in [0.15, 0.2) is 5.78 Å². The topological polar surface area (TPSA) is 37.4 Å². The van der Waals surface area contributed by atoms with Crippen LogP contribution in [0, 0.1) is 5.82 Å². The lowest BCUT2D eigenvalue weighted by Gasteiger charge is -2.26. The second kappa shape index (κ2) is 5.76. The van der Waals surface area contributed by atoms with Crippen molar-refractivity contribution in [3.8, 4) is 0 Å². The van der Waals surface area contributed by atoms with Crippen molar-refractivity contribution in [2.75, 3.05) is 13.1 Å². The molecule has 18 heavy (non-hydrogen) atoms. The number of ketones is 1. The number of carbonyl (C=O) groups is 2. The molecule has 3 nitrogen and oxygen atoms in total. The Morgan fingerprint density at radius 1 is 1.22 bits per heavy atom. The van der Waals surface area contributed by atoms with Crippen LogP contribution in [0.15, 0.2) is 24.3 Å². The van der Waals surface area contributed by atoms with Crippen LogP contribution in [0.4, 0.5) is 4.39 Å². The Bertz CT molecular complexity index is 442. The molecule has 0 aromatic heterocycles. The highest BCUT2D eigenvalue weighted by Gasteiger charge is 2.18. The van der Waals surface area contributed by atoms with Gasteiger partial charge in [-0.2, -0.15) is 0 Å². The first-order valence-electron chi connectivity index (χ1n) is 6.23. The van der Waals surface area contributed by atoms with Gasteiger partial charge < -0.3 is 4.90 Å². The number of likely N-dealkylation sites (tertiary alicyclic amines) is 1. The van der Waals surface area contributed by atoms with Crippen molar-refractivity contribution in [2.45, 2.75) is 25.7 Å². The molecule has 1 fully saturated rings. The van der Waals surface area contributed by atoms with Gasteiger partial charge in [0.25, 0.3) is 0 Å². The molecule has 1 saturated heterocycles. The van der Waals surface area contributed by atoms with Crippen LogP contribution in [-0.4, -0.2) is 29.7 Å². The summed E-state index contributed by atoms with van der Waals surface area (Å²) < 4.78 is 12.7. The average Bonchev–Trinajstić information content (AvgIpc) is 2.38. The minimum absolute atomic E-state index is 0.0478. The summed E-state index contributed by atoms with van der Waals surface area (Å²) in [4.78, 5) is 25.1. The van der Waals surface area contributed by atoms with Gasteiger partial charge in [0.05, 0.1) is 0 Å². The summed E-state index contributed by atoms with van der Waals surface area (Å²) in [6.07, 6.45) is 2.85. The Labute approximate surface area is 106 Å². The van der Waals surface area contributed by atoms with E-state index in [2.05, 4.69) is 0 Å². The molecule has 1 amide bonds. The third-order valence-corrected chi connectivity index (χ3v) is 3.20. The highest BCUT2D eigenvalue weighted by molar-refractivity contribution is 5.96. The van der Waals surface area contributed by atoms with Crippen molar-refractivity contribution in [3.63, 3.8) is 0 Å². The molecule has 0 N–H and O–H groups in total. The van der Waals surface area contributed by atoms with E-state index in [9.17, 15) is 14.0 Å². The van der Waals surface area contributed by atoms with Crippen molar-refractivity contribution in [2.24, 2.45) is 0 Å². The highest BCUT2D eigenvalue weighted by Crippen LogP contribution is 2.12. The minimum atomic E-state index is -0.349. The molecule has 0 unspecified atom stereocenters. The summed E-state index contributed by atoms with van der Waals surface area (Å²) in [7, 11) is 0. The molecule has 0 bridgehead atoms. The maximum Gasteiger partial charge on any atom is 0.222 e. The molecule has 0 aliphatic carbocycles. The fourth-order valence-corrected chi connectivity index (χ4v) is 2.11. The lowest BCUT2D eigenvalue weighted by Crippen LogP contribution is -2.36. The number of carbonyl (C=O) groups excluding carboxylic acids is 2. The molecule has 2 rings (SSSR count). The van der Waals surface area contributed by atoms with Gasteiger partial charge in [-0.05, 0) is 37.1 Å². The van der Waals surface area contributed by atoms with Gasteiger partial charge >= 0.3 is 0 Å². The summed E-state index contributed by atoms with van der Waals surface area (Å²) in [6, 6.07) is 5.52. The maximum absolute atomic E-state index is 12.7. The van der Waals surface area contributed by atoms with E-state index in [-0.39, 0.29) is 17.5 Å². The van der Waals surface area contributed by atoms with Crippen LogP contribution in [0.3, 0.4) is 0 Å². The van der Waals surface area contributed by atoms with E-state index >= 15 is 0 Å². The van der Waals surface area contributed by atoms with Crippen LogP contribution in [0.25, 0.3) is 0 Å². The van der Waals surface area contributed by atoms with E-state index < -0.39 is 0 Å². The number of amides is 1. The molecule has 0 saturated carbocycles. The van der Waals surface area contributed by atoms with Crippen molar-refractivity contribution >= 4 is 11.7 Å². The summed E-state index contributed by atoms with van der Waals surface area (Å²) in [5.74, 6) is -0.265. The third-order valence-electron chi connectivity index (χ3n) is 3.20. The molecule has 96 valence electrons. The molecule has 0 spiro atoms. The molecule has 4 heteroatoms. The van der Waals surface area contributed by atoms with E-state index in [0.717, 1.165) is 19.4 Å². The second-order valence-corrected chi connectivity index (χ2v) is 4.52.